The second-order valence-electron chi connectivity index (χ2n) is 4.00. The number of aromatic nitrogens is 1. The molecule has 0 bridgehead atoms. The van der Waals surface area contributed by atoms with E-state index in [4.69, 9.17) is 10.5 Å². The molecule has 1 atom stereocenters. The Balaban J connectivity index is 3.12. The zero-order chi connectivity index (χ0) is 12.8. The van der Waals surface area contributed by atoms with Crippen molar-refractivity contribution in [1.82, 2.24) is 4.98 Å². The van der Waals surface area contributed by atoms with Crippen LogP contribution in [0.2, 0.25) is 0 Å². The summed E-state index contributed by atoms with van der Waals surface area (Å²) in [6.07, 6.45) is 2.45. The Bertz CT molecular complexity index is 391. The van der Waals surface area contributed by atoms with Crippen molar-refractivity contribution in [2.75, 3.05) is 13.7 Å². The molecule has 1 unspecified atom stereocenters. The predicted octanol–water partition coefficient (Wildman–Crippen LogP) is 1.19. The minimum absolute atomic E-state index is 0.0341. The number of nitrogens with zero attached hydrogens (tertiary/aromatic N) is 1. The van der Waals surface area contributed by atoms with Gasteiger partial charge < -0.3 is 15.6 Å². The summed E-state index contributed by atoms with van der Waals surface area (Å²) in [5.41, 5.74) is 8.58. The highest BCUT2D eigenvalue weighted by atomic mass is 16.5. The van der Waals surface area contributed by atoms with Gasteiger partial charge in [0.2, 0.25) is 5.88 Å². The number of hydrogen-bond acceptors (Lipinski definition) is 4. The van der Waals surface area contributed by atoms with Crippen LogP contribution in [-0.4, -0.2) is 23.8 Å². The van der Waals surface area contributed by atoms with Crippen molar-refractivity contribution >= 4 is 0 Å². The minimum atomic E-state index is 0.0341. The summed E-state index contributed by atoms with van der Waals surface area (Å²) in [6.45, 7) is 6.08. The van der Waals surface area contributed by atoms with Crippen molar-refractivity contribution in [2.45, 2.75) is 19.9 Å². The molecule has 17 heavy (non-hydrogen) atoms. The van der Waals surface area contributed by atoms with Gasteiger partial charge in [-0.05, 0) is 25.0 Å². The van der Waals surface area contributed by atoms with Gasteiger partial charge in [0.25, 0.3) is 0 Å². The Morgan fingerprint density at radius 1 is 1.65 bits per heavy atom. The molecular formula is C13H20N2O2. The lowest BCUT2D eigenvalue weighted by Crippen LogP contribution is -2.12. The topological polar surface area (TPSA) is 68.4 Å². The van der Waals surface area contributed by atoms with Gasteiger partial charge in [-0.15, -0.1) is 6.58 Å². The summed E-state index contributed by atoms with van der Waals surface area (Å²) in [6, 6.07) is 1.98. The summed E-state index contributed by atoms with van der Waals surface area (Å²) < 4.78 is 5.23. The zero-order valence-electron chi connectivity index (χ0n) is 10.4. The molecule has 1 aromatic heterocycles. The van der Waals surface area contributed by atoms with E-state index in [-0.39, 0.29) is 12.5 Å². The lowest BCUT2D eigenvalue weighted by molar-refractivity contribution is 0.252. The Kier molecular flexibility index (Phi) is 5.12. The van der Waals surface area contributed by atoms with E-state index in [1.54, 1.807) is 13.2 Å². The number of rotatable bonds is 6. The van der Waals surface area contributed by atoms with Crippen LogP contribution in [-0.2, 0) is 13.0 Å². The van der Waals surface area contributed by atoms with Crippen LogP contribution in [0.25, 0.3) is 0 Å². The van der Waals surface area contributed by atoms with Crippen molar-refractivity contribution in [3.8, 4) is 5.88 Å². The van der Waals surface area contributed by atoms with E-state index in [9.17, 15) is 5.11 Å². The van der Waals surface area contributed by atoms with Crippen LogP contribution in [0, 0.1) is 12.8 Å². The highest BCUT2D eigenvalue weighted by molar-refractivity contribution is 5.37. The summed E-state index contributed by atoms with van der Waals surface area (Å²) in [4.78, 5) is 4.29. The molecule has 3 N–H and O–H groups in total. The number of nitrogens with two attached hydrogens (primary N) is 1. The first-order chi connectivity index (χ1) is 8.15. The molecule has 0 radical (unpaired) electrons. The molecule has 0 amide bonds. The van der Waals surface area contributed by atoms with Gasteiger partial charge in [-0.25, -0.2) is 4.98 Å². The van der Waals surface area contributed by atoms with Crippen LogP contribution >= 0.6 is 0 Å². The molecule has 0 saturated carbocycles. The van der Waals surface area contributed by atoms with E-state index in [1.807, 2.05) is 13.0 Å². The third-order valence-electron chi connectivity index (χ3n) is 2.75. The number of hydrogen-bond donors (Lipinski definition) is 2. The van der Waals surface area contributed by atoms with Crippen LogP contribution in [0.5, 0.6) is 5.88 Å². The van der Waals surface area contributed by atoms with Crippen LogP contribution in [0.4, 0.5) is 0 Å². The fraction of sp³-hybridized carbons (Fsp3) is 0.462. The Labute approximate surface area is 102 Å². The molecule has 4 nitrogen and oxygen atoms in total. The number of aryl methyl sites for hydroxylation is 1. The summed E-state index contributed by atoms with van der Waals surface area (Å²) in [5, 5.41) is 9.20. The van der Waals surface area contributed by atoms with E-state index in [1.165, 1.54) is 0 Å². The van der Waals surface area contributed by atoms with Gasteiger partial charge in [0.05, 0.1) is 7.11 Å². The highest BCUT2D eigenvalue weighted by Gasteiger charge is 2.13. The van der Waals surface area contributed by atoms with E-state index in [2.05, 4.69) is 11.6 Å². The fourth-order valence-electron chi connectivity index (χ4n) is 1.81. The molecule has 0 aliphatic heterocycles. The number of ether oxygens (including phenoxy) is 1. The second-order valence-corrected chi connectivity index (χ2v) is 4.00. The first-order valence-corrected chi connectivity index (χ1v) is 5.63. The molecule has 0 fully saturated rings. The summed E-state index contributed by atoms with van der Waals surface area (Å²) in [7, 11) is 1.59. The monoisotopic (exact) mass is 236 g/mol. The van der Waals surface area contributed by atoms with Gasteiger partial charge in [0, 0.05) is 30.3 Å². The summed E-state index contributed by atoms with van der Waals surface area (Å²) >= 11 is 0. The minimum Gasteiger partial charge on any atom is -0.481 e. The molecule has 0 aliphatic rings. The van der Waals surface area contributed by atoms with Crippen molar-refractivity contribution in [2.24, 2.45) is 11.7 Å². The number of aliphatic hydroxyl groups is 1. The highest BCUT2D eigenvalue weighted by Crippen LogP contribution is 2.23. The van der Waals surface area contributed by atoms with Crippen LogP contribution < -0.4 is 10.5 Å². The lowest BCUT2D eigenvalue weighted by Gasteiger charge is -2.15. The lowest BCUT2D eigenvalue weighted by atomic mass is 9.96. The van der Waals surface area contributed by atoms with Crippen LogP contribution in [0.15, 0.2) is 18.7 Å². The SMILES string of the molecule is C=CC(CO)Cc1cc(C)nc(OC)c1CN. The Morgan fingerprint density at radius 3 is 2.82 bits per heavy atom. The van der Waals surface area contributed by atoms with Gasteiger partial charge in [-0.3, -0.25) is 0 Å². The molecule has 0 saturated heterocycles. The normalized spacial score (nSPS) is 12.2. The molecular weight excluding hydrogens is 216 g/mol. The maximum atomic E-state index is 9.20. The van der Waals surface area contributed by atoms with E-state index in [0.29, 0.717) is 18.8 Å². The number of aliphatic hydroxyl groups excluding tert-OH is 1. The van der Waals surface area contributed by atoms with Gasteiger partial charge in [0.15, 0.2) is 0 Å². The third-order valence-corrected chi connectivity index (χ3v) is 2.75. The molecule has 0 aromatic carbocycles. The smallest absolute Gasteiger partial charge is 0.218 e. The van der Waals surface area contributed by atoms with Crippen molar-refractivity contribution in [3.05, 3.63) is 35.5 Å². The molecule has 1 heterocycles. The van der Waals surface area contributed by atoms with E-state index < -0.39 is 0 Å². The van der Waals surface area contributed by atoms with Crippen molar-refractivity contribution in [1.29, 1.82) is 0 Å². The maximum absolute atomic E-state index is 9.20. The maximum Gasteiger partial charge on any atom is 0.218 e. The molecule has 94 valence electrons. The van der Waals surface area contributed by atoms with Gasteiger partial charge >= 0.3 is 0 Å². The van der Waals surface area contributed by atoms with E-state index >= 15 is 0 Å². The average molecular weight is 236 g/mol. The Morgan fingerprint density at radius 2 is 2.35 bits per heavy atom. The molecule has 1 rings (SSSR count). The average Bonchev–Trinajstić information content (AvgIpc) is 2.34. The quantitative estimate of drug-likeness (QED) is 0.728. The predicted molar refractivity (Wildman–Crippen MR) is 67.9 cm³/mol. The van der Waals surface area contributed by atoms with E-state index in [0.717, 1.165) is 16.8 Å². The van der Waals surface area contributed by atoms with Crippen LogP contribution in [0.3, 0.4) is 0 Å². The second kappa shape index (κ2) is 6.37. The molecule has 0 spiro atoms. The molecule has 4 heteroatoms. The number of methoxy groups -OCH3 is 1. The first-order valence-electron chi connectivity index (χ1n) is 5.63. The van der Waals surface area contributed by atoms with Crippen LogP contribution in [0.1, 0.15) is 16.8 Å². The third kappa shape index (κ3) is 3.28. The largest absolute Gasteiger partial charge is 0.481 e. The van der Waals surface area contributed by atoms with Gasteiger partial charge in [-0.1, -0.05) is 6.08 Å². The number of pyridine rings is 1. The summed E-state index contributed by atoms with van der Waals surface area (Å²) in [5.74, 6) is 0.607. The first kappa shape index (κ1) is 13.7. The molecule has 0 aliphatic carbocycles. The van der Waals surface area contributed by atoms with Crippen molar-refractivity contribution < 1.29 is 9.84 Å². The molecule has 1 aromatic rings. The zero-order valence-corrected chi connectivity index (χ0v) is 10.4. The van der Waals surface area contributed by atoms with Crippen molar-refractivity contribution in [3.63, 3.8) is 0 Å². The Hall–Kier alpha value is -1.39. The fourth-order valence-corrected chi connectivity index (χ4v) is 1.81. The van der Waals surface area contributed by atoms with Gasteiger partial charge in [-0.2, -0.15) is 0 Å². The van der Waals surface area contributed by atoms with Gasteiger partial charge in [0.1, 0.15) is 0 Å². The standard InChI is InChI=1S/C13H20N2O2/c1-4-10(8-16)6-11-5-9(2)15-13(17-3)12(11)7-14/h4-5,10,16H,1,6-8,14H2,2-3H3.